The van der Waals surface area contributed by atoms with Gasteiger partial charge in [0.15, 0.2) is 18.1 Å². The number of ether oxygens (including phenoxy) is 2. The van der Waals surface area contributed by atoms with Crippen LogP contribution in [0.5, 0.6) is 11.5 Å². The lowest BCUT2D eigenvalue weighted by atomic mass is 10.2. The first-order valence-electron chi connectivity index (χ1n) is 7.06. The van der Waals surface area contributed by atoms with Gasteiger partial charge in [-0.2, -0.15) is 4.73 Å². The van der Waals surface area contributed by atoms with Gasteiger partial charge in [-0.1, -0.05) is 0 Å². The first kappa shape index (κ1) is 17.9. The smallest absolute Gasteiger partial charge is 0.341 e. The summed E-state index contributed by atoms with van der Waals surface area (Å²) in [4.78, 5) is 39.7. The summed E-state index contributed by atoms with van der Waals surface area (Å²) in [6.07, 6.45) is 1.22. The molecule has 0 bridgehead atoms. The van der Waals surface area contributed by atoms with Crippen molar-refractivity contribution in [2.45, 2.75) is 0 Å². The summed E-state index contributed by atoms with van der Waals surface area (Å²) >= 11 is 0. The van der Waals surface area contributed by atoms with Crippen molar-refractivity contribution in [2.75, 3.05) is 26.1 Å². The molecule has 2 N–H and O–H groups in total. The molecule has 9 heteroatoms. The largest absolute Gasteiger partial charge is 0.493 e. The second-order valence-electron chi connectivity index (χ2n) is 4.75. The SMILES string of the molecule is COc1ccc(NC(=O)COn2cccc(C(=O)O)c2=O)cc1OC. The quantitative estimate of drug-likeness (QED) is 0.754. The number of hydrogen-bond donors (Lipinski definition) is 2. The zero-order valence-corrected chi connectivity index (χ0v) is 13.5. The van der Waals surface area contributed by atoms with E-state index in [-0.39, 0.29) is 0 Å². The van der Waals surface area contributed by atoms with Gasteiger partial charge in [-0.05, 0) is 24.3 Å². The standard InChI is InChI=1S/C16H16N2O7/c1-23-12-6-5-10(8-13(12)24-2)17-14(19)9-25-18-7-3-4-11(15(18)20)16(21)22/h3-8H,9H2,1-2H3,(H,17,19)(H,21,22). The number of methoxy groups -OCH3 is 2. The highest BCUT2D eigenvalue weighted by atomic mass is 16.7. The number of carboxylic acids is 1. The molecule has 0 saturated heterocycles. The lowest BCUT2D eigenvalue weighted by Crippen LogP contribution is -2.34. The Labute approximate surface area is 142 Å². The van der Waals surface area contributed by atoms with Gasteiger partial charge in [0.1, 0.15) is 5.56 Å². The number of aromatic carboxylic acids is 1. The van der Waals surface area contributed by atoms with Gasteiger partial charge in [-0.25, -0.2) is 4.79 Å². The molecule has 1 amide bonds. The number of benzene rings is 1. The van der Waals surface area contributed by atoms with Crippen molar-refractivity contribution >= 4 is 17.6 Å². The summed E-state index contributed by atoms with van der Waals surface area (Å²) in [5, 5.41) is 11.4. The number of pyridine rings is 1. The first-order chi connectivity index (χ1) is 12.0. The lowest BCUT2D eigenvalue weighted by Gasteiger charge is -2.11. The van der Waals surface area contributed by atoms with Crippen molar-refractivity contribution in [1.82, 2.24) is 4.73 Å². The fourth-order valence-electron chi connectivity index (χ4n) is 1.98. The molecule has 9 nitrogen and oxygen atoms in total. The molecule has 0 aliphatic carbocycles. The van der Waals surface area contributed by atoms with Gasteiger partial charge in [0.2, 0.25) is 0 Å². The Kier molecular flexibility index (Phi) is 5.62. The van der Waals surface area contributed by atoms with Crippen molar-refractivity contribution in [2.24, 2.45) is 0 Å². The minimum absolute atomic E-state index is 0.437. The van der Waals surface area contributed by atoms with Crippen LogP contribution in [0.4, 0.5) is 5.69 Å². The van der Waals surface area contributed by atoms with Gasteiger partial charge in [0.25, 0.3) is 11.5 Å². The minimum Gasteiger partial charge on any atom is -0.493 e. The van der Waals surface area contributed by atoms with E-state index >= 15 is 0 Å². The number of carbonyl (C=O) groups excluding carboxylic acids is 1. The molecule has 0 unspecified atom stereocenters. The maximum Gasteiger partial charge on any atom is 0.341 e. The summed E-state index contributed by atoms with van der Waals surface area (Å²) in [7, 11) is 2.96. The number of hydrogen-bond acceptors (Lipinski definition) is 6. The van der Waals surface area contributed by atoms with E-state index in [0.29, 0.717) is 21.9 Å². The molecule has 2 aromatic rings. The molecule has 0 fully saturated rings. The van der Waals surface area contributed by atoms with Gasteiger partial charge in [0.05, 0.1) is 14.2 Å². The summed E-state index contributed by atoms with van der Waals surface area (Å²) in [6, 6.07) is 7.27. The van der Waals surface area contributed by atoms with Crippen LogP contribution in [0.15, 0.2) is 41.3 Å². The monoisotopic (exact) mass is 348 g/mol. The normalized spacial score (nSPS) is 10.0. The molecule has 0 aliphatic rings. The molecular formula is C16H16N2O7. The summed E-state index contributed by atoms with van der Waals surface area (Å²) in [6.45, 7) is -0.489. The van der Waals surface area contributed by atoms with Crippen molar-refractivity contribution < 1.29 is 29.0 Å². The molecule has 1 heterocycles. The van der Waals surface area contributed by atoms with E-state index in [4.69, 9.17) is 19.4 Å². The Morgan fingerprint density at radius 1 is 1.16 bits per heavy atom. The predicted octanol–water partition coefficient (Wildman–Crippen LogP) is 0.631. The van der Waals surface area contributed by atoms with Gasteiger partial charge in [-0.3, -0.25) is 9.59 Å². The zero-order chi connectivity index (χ0) is 18.4. The van der Waals surface area contributed by atoms with Crippen LogP contribution in [-0.4, -0.2) is 42.5 Å². The Hall–Kier alpha value is -3.49. The van der Waals surface area contributed by atoms with E-state index < -0.39 is 29.6 Å². The fourth-order valence-corrected chi connectivity index (χ4v) is 1.98. The van der Waals surface area contributed by atoms with Gasteiger partial charge >= 0.3 is 5.97 Å². The van der Waals surface area contributed by atoms with E-state index in [1.165, 1.54) is 26.5 Å². The molecule has 2 rings (SSSR count). The van der Waals surface area contributed by atoms with Gasteiger partial charge in [0, 0.05) is 18.0 Å². The molecule has 0 spiro atoms. The number of nitrogens with zero attached hydrogens (tertiary/aromatic N) is 1. The third kappa shape index (κ3) is 4.28. The second kappa shape index (κ2) is 7.86. The van der Waals surface area contributed by atoms with E-state index in [1.54, 1.807) is 18.2 Å². The molecule has 1 aromatic carbocycles. The van der Waals surface area contributed by atoms with Crippen LogP contribution in [0.1, 0.15) is 10.4 Å². The van der Waals surface area contributed by atoms with Gasteiger partial charge < -0.3 is 24.7 Å². The van der Waals surface area contributed by atoms with Crippen LogP contribution in [0.3, 0.4) is 0 Å². The van der Waals surface area contributed by atoms with Crippen molar-refractivity contribution in [3.8, 4) is 11.5 Å². The van der Waals surface area contributed by atoms with Crippen LogP contribution in [0, 0.1) is 0 Å². The van der Waals surface area contributed by atoms with Gasteiger partial charge in [-0.15, -0.1) is 0 Å². The molecule has 0 radical (unpaired) electrons. The van der Waals surface area contributed by atoms with E-state index in [9.17, 15) is 14.4 Å². The topological polar surface area (TPSA) is 116 Å². The lowest BCUT2D eigenvalue weighted by molar-refractivity contribution is -0.120. The molecule has 25 heavy (non-hydrogen) atoms. The number of rotatable bonds is 7. The number of nitrogens with one attached hydrogen (secondary N) is 1. The summed E-state index contributed by atoms with van der Waals surface area (Å²) < 4.78 is 10.9. The number of anilines is 1. The molecular weight excluding hydrogens is 332 g/mol. The summed E-state index contributed by atoms with van der Waals surface area (Å²) in [5.41, 5.74) is -0.880. The van der Waals surface area contributed by atoms with Crippen LogP contribution in [0.2, 0.25) is 0 Å². The number of aromatic nitrogens is 1. The van der Waals surface area contributed by atoms with Crippen molar-refractivity contribution in [3.05, 3.63) is 52.4 Å². The Morgan fingerprint density at radius 2 is 1.88 bits per heavy atom. The van der Waals surface area contributed by atoms with Crippen molar-refractivity contribution in [1.29, 1.82) is 0 Å². The highest BCUT2D eigenvalue weighted by Crippen LogP contribution is 2.29. The molecule has 132 valence electrons. The van der Waals surface area contributed by atoms with Crippen LogP contribution in [-0.2, 0) is 4.79 Å². The Balaban J connectivity index is 2.03. The van der Waals surface area contributed by atoms with E-state index in [2.05, 4.69) is 5.32 Å². The van der Waals surface area contributed by atoms with Crippen LogP contribution in [0.25, 0.3) is 0 Å². The Morgan fingerprint density at radius 3 is 2.52 bits per heavy atom. The third-order valence-electron chi connectivity index (χ3n) is 3.15. The second-order valence-corrected chi connectivity index (χ2v) is 4.75. The molecule has 1 aromatic heterocycles. The highest BCUT2D eigenvalue weighted by Gasteiger charge is 2.12. The molecule has 0 aliphatic heterocycles. The minimum atomic E-state index is -1.38. The zero-order valence-electron chi connectivity index (χ0n) is 13.5. The number of amides is 1. The summed E-state index contributed by atoms with van der Waals surface area (Å²) in [5.74, 6) is -0.974. The molecule has 0 saturated carbocycles. The average molecular weight is 348 g/mol. The maximum absolute atomic E-state index is 11.9. The fraction of sp³-hybridized carbons (Fsp3) is 0.188. The third-order valence-corrected chi connectivity index (χ3v) is 3.15. The van der Waals surface area contributed by atoms with E-state index in [0.717, 1.165) is 6.07 Å². The first-order valence-corrected chi connectivity index (χ1v) is 7.06. The maximum atomic E-state index is 11.9. The number of carboxylic acid groups (broad SMARTS) is 1. The predicted molar refractivity (Wildman–Crippen MR) is 87.3 cm³/mol. The average Bonchev–Trinajstić information content (AvgIpc) is 2.60. The van der Waals surface area contributed by atoms with E-state index in [1.807, 2.05) is 0 Å². The van der Waals surface area contributed by atoms with Crippen molar-refractivity contribution in [3.63, 3.8) is 0 Å². The highest BCUT2D eigenvalue weighted by molar-refractivity contribution is 5.92. The van der Waals surface area contributed by atoms with Crippen LogP contribution >= 0.6 is 0 Å². The number of carbonyl (C=O) groups is 2. The Bertz CT molecular complexity index is 845. The van der Waals surface area contributed by atoms with Crippen LogP contribution < -0.4 is 25.2 Å². The molecule has 0 atom stereocenters.